The van der Waals surface area contributed by atoms with Crippen LogP contribution in [0, 0.1) is 10.1 Å². The molecule has 22 heavy (non-hydrogen) atoms. The first kappa shape index (κ1) is 14.8. The fraction of sp³-hybridized carbons (Fsp3) is 0.412. The number of rotatable bonds is 5. The number of furan rings is 1. The highest BCUT2D eigenvalue weighted by Gasteiger charge is 2.21. The molecule has 0 bridgehead atoms. The van der Waals surface area contributed by atoms with E-state index in [1.165, 1.54) is 24.5 Å². The molecule has 1 aliphatic rings. The number of non-ortho nitro benzene ring substituents is 1. The van der Waals surface area contributed by atoms with E-state index in [2.05, 4.69) is 11.8 Å². The van der Waals surface area contributed by atoms with E-state index in [0.717, 1.165) is 43.1 Å². The van der Waals surface area contributed by atoms with Crippen molar-refractivity contribution in [2.24, 2.45) is 0 Å². The number of hydrogen-bond acceptors (Lipinski definition) is 4. The van der Waals surface area contributed by atoms with Crippen molar-refractivity contribution >= 4 is 5.69 Å². The van der Waals surface area contributed by atoms with Crippen LogP contribution in [0.2, 0.25) is 0 Å². The molecular weight excluding hydrogens is 280 g/mol. The minimum absolute atomic E-state index is 0.0939. The maximum atomic E-state index is 10.9. The van der Waals surface area contributed by atoms with Crippen molar-refractivity contribution in [2.75, 3.05) is 13.1 Å². The fourth-order valence-corrected chi connectivity index (χ4v) is 2.88. The molecule has 1 aromatic carbocycles. The van der Waals surface area contributed by atoms with Gasteiger partial charge < -0.3 is 4.42 Å². The zero-order valence-electron chi connectivity index (χ0n) is 12.7. The molecule has 1 aromatic heterocycles. The highest BCUT2D eigenvalue weighted by molar-refractivity contribution is 5.62. The number of nitro benzene ring substituents is 1. The maximum Gasteiger partial charge on any atom is 0.270 e. The van der Waals surface area contributed by atoms with Crippen LogP contribution in [0.25, 0.3) is 11.3 Å². The molecule has 3 rings (SSSR count). The Balaban J connectivity index is 1.82. The summed E-state index contributed by atoms with van der Waals surface area (Å²) in [5, 5.41) is 10.9. The number of fused-ring (bicyclic) bond motifs is 1. The first-order valence-corrected chi connectivity index (χ1v) is 7.76. The molecule has 116 valence electrons. The Hall–Kier alpha value is -2.14. The Bertz CT molecular complexity index is 678. The minimum atomic E-state index is -0.376. The molecule has 2 heterocycles. The minimum Gasteiger partial charge on any atom is -0.461 e. The third-order valence-electron chi connectivity index (χ3n) is 4.12. The quantitative estimate of drug-likeness (QED) is 0.618. The summed E-state index contributed by atoms with van der Waals surface area (Å²) < 4.78 is 5.93. The second kappa shape index (κ2) is 6.32. The van der Waals surface area contributed by atoms with Crippen LogP contribution in [0.15, 0.2) is 34.7 Å². The van der Waals surface area contributed by atoms with Crippen LogP contribution in [0.5, 0.6) is 0 Å². The third kappa shape index (κ3) is 3.04. The first-order chi connectivity index (χ1) is 10.7. The average Bonchev–Trinajstić information content (AvgIpc) is 2.96. The predicted molar refractivity (Wildman–Crippen MR) is 84.7 cm³/mol. The molecule has 0 unspecified atom stereocenters. The summed E-state index contributed by atoms with van der Waals surface area (Å²) in [6.45, 7) is 5.25. The largest absolute Gasteiger partial charge is 0.461 e. The standard InChI is InChI=1S/C17H20N2O3/c1-2-3-8-18-9-7-16-14(12-18)11-17(22-16)13-5-4-6-15(10-13)19(20)21/h4-6,10-11H,2-3,7-9,12H2,1H3. The van der Waals surface area contributed by atoms with Crippen LogP contribution in [0.1, 0.15) is 31.1 Å². The summed E-state index contributed by atoms with van der Waals surface area (Å²) in [6.07, 6.45) is 3.33. The molecule has 0 aliphatic carbocycles. The molecule has 0 radical (unpaired) electrons. The van der Waals surface area contributed by atoms with Gasteiger partial charge in [0.1, 0.15) is 11.5 Å². The summed E-state index contributed by atoms with van der Waals surface area (Å²) in [5.41, 5.74) is 2.07. The number of hydrogen-bond donors (Lipinski definition) is 0. The van der Waals surface area contributed by atoms with Crippen molar-refractivity contribution in [1.29, 1.82) is 0 Å². The van der Waals surface area contributed by atoms with Crippen molar-refractivity contribution in [1.82, 2.24) is 4.90 Å². The highest BCUT2D eigenvalue weighted by Crippen LogP contribution is 2.31. The Kier molecular flexibility index (Phi) is 4.24. The highest BCUT2D eigenvalue weighted by atomic mass is 16.6. The van der Waals surface area contributed by atoms with Gasteiger partial charge >= 0.3 is 0 Å². The second-order valence-electron chi connectivity index (χ2n) is 5.75. The Morgan fingerprint density at radius 3 is 3.00 bits per heavy atom. The number of nitrogens with zero attached hydrogens (tertiary/aromatic N) is 2. The van der Waals surface area contributed by atoms with E-state index in [9.17, 15) is 10.1 Å². The van der Waals surface area contributed by atoms with E-state index in [-0.39, 0.29) is 10.6 Å². The number of unbranched alkanes of at least 4 members (excludes halogenated alkanes) is 1. The summed E-state index contributed by atoms with van der Waals surface area (Å²) in [5.74, 6) is 1.75. The van der Waals surface area contributed by atoms with E-state index < -0.39 is 0 Å². The summed E-state index contributed by atoms with van der Waals surface area (Å²) in [6, 6.07) is 8.65. The number of benzene rings is 1. The van der Waals surface area contributed by atoms with E-state index in [1.54, 1.807) is 12.1 Å². The molecule has 0 N–H and O–H groups in total. The van der Waals surface area contributed by atoms with Crippen molar-refractivity contribution in [3.05, 3.63) is 51.8 Å². The zero-order chi connectivity index (χ0) is 15.5. The van der Waals surface area contributed by atoms with E-state index in [0.29, 0.717) is 0 Å². The summed E-state index contributed by atoms with van der Waals surface area (Å²) in [4.78, 5) is 13.0. The van der Waals surface area contributed by atoms with Gasteiger partial charge in [0.2, 0.25) is 0 Å². The lowest BCUT2D eigenvalue weighted by molar-refractivity contribution is -0.384. The van der Waals surface area contributed by atoms with E-state index in [1.807, 2.05) is 12.1 Å². The van der Waals surface area contributed by atoms with Crippen LogP contribution in [0.4, 0.5) is 5.69 Å². The monoisotopic (exact) mass is 300 g/mol. The fourth-order valence-electron chi connectivity index (χ4n) is 2.88. The molecule has 0 spiro atoms. The van der Waals surface area contributed by atoms with Crippen molar-refractivity contribution in [3.8, 4) is 11.3 Å². The van der Waals surface area contributed by atoms with Crippen molar-refractivity contribution < 1.29 is 9.34 Å². The molecule has 0 saturated heterocycles. The Morgan fingerprint density at radius 2 is 2.23 bits per heavy atom. The lowest BCUT2D eigenvalue weighted by atomic mass is 10.1. The van der Waals surface area contributed by atoms with Gasteiger partial charge in [-0.3, -0.25) is 15.0 Å². The Labute approximate surface area is 129 Å². The third-order valence-corrected chi connectivity index (χ3v) is 4.12. The molecule has 5 nitrogen and oxygen atoms in total. The van der Waals surface area contributed by atoms with Crippen molar-refractivity contribution in [3.63, 3.8) is 0 Å². The Morgan fingerprint density at radius 1 is 1.36 bits per heavy atom. The summed E-state index contributed by atoms with van der Waals surface area (Å²) >= 11 is 0. The van der Waals surface area contributed by atoms with Gasteiger partial charge in [0.15, 0.2) is 0 Å². The van der Waals surface area contributed by atoms with Gasteiger partial charge in [-0.1, -0.05) is 25.5 Å². The molecule has 0 fully saturated rings. The lowest BCUT2D eigenvalue weighted by Gasteiger charge is -2.25. The van der Waals surface area contributed by atoms with Gasteiger partial charge in [-0.2, -0.15) is 0 Å². The van der Waals surface area contributed by atoms with Crippen LogP contribution in [-0.2, 0) is 13.0 Å². The van der Waals surface area contributed by atoms with E-state index >= 15 is 0 Å². The summed E-state index contributed by atoms with van der Waals surface area (Å²) in [7, 11) is 0. The molecule has 0 amide bonds. The zero-order valence-corrected chi connectivity index (χ0v) is 12.7. The van der Waals surface area contributed by atoms with Gasteiger partial charge in [-0.15, -0.1) is 0 Å². The van der Waals surface area contributed by atoms with Gasteiger partial charge in [0.25, 0.3) is 5.69 Å². The first-order valence-electron chi connectivity index (χ1n) is 7.76. The average molecular weight is 300 g/mol. The van der Waals surface area contributed by atoms with Gasteiger partial charge in [-0.05, 0) is 19.0 Å². The van der Waals surface area contributed by atoms with Crippen LogP contribution in [0.3, 0.4) is 0 Å². The maximum absolute atomic E-state index is 10.9. The van der Waals surface area contributed by atoms with Crippen LogP contribution < -0.4 is 0 Å². The molecule has 2 aromatic rings. The SMILES string of the molecule is CCCCN1CCc2oc(-c3cccc([N+](=O)[O-])c3)cc2C1. The van der Waals surface area contributed by atoms with Gasteiger partial charge in [0, 0.05) is 42.8 Å². The molecular formula is C17H20N2O3. The van der Waals surface area contributed by atoms with Gasteiger partial charge in [-0.25, -0.2) is 0 Å². The molecule has 0 atom stereocenters. The second-order valence-corrected chi connectivity index (χ2v) is 5.75. The van der Waals surface area contributed by atoms with Crippen LogP contribution in [-0.4, -0.2) is 22.9 Å². The van der Waals surface area contributed by atoms with Crippen LogP contribution >= 0.6 is 0 Å². The molecule has 5 heteroatoms. The predicted octanol–water partition coefficient (Wildman–Crippen LogP) is 4.01. The topological polar surface area (TPSA) is 59.5 Å². The lowest BCUT2D eigenvalue weighted by Crippen LogP contribution is -2.30. The van der Waals surface area contributed by atoms with Gasteiger partial charge in [0.05, 0.1) is 4.92 Å². The molecule has 0 saturated carbocycles. The van der Waals surface area contributed by atoms with Crippen molar-refractivity contribution in [2.45, 2.75) is 32.7 Å². The smallest absolute Gasteiger partial charge is 0.270 e. The van der Waals surface area contributed by atoms with E-state index in [4.69, 9.17) is 4.42 Å². The number of nitro groups is 1. The molecule has 1 aliphatic heterocycles. The normalized spacial score (nSPS) is 14.8.